The number of nitrogens with zero attached hydrogens (tertiary/aromatic N) is 5. The van der Waals surface area contributed by atoms with Crippen molar-refractivity contribution in [3.8, 4) is 11.3 Å². The summed E-state index contributed by atoms with van der Waals surface area (Å²) in [4.78, 5) is 33.0. The molecule has 0 spiro atoms. The number of nitrogen functional groups attached to an aromatic ring is 1. The van der Waals surface area contributed by atoms with E-state index in [1.807, 2.05) is 24.3 Å². The zero-order valence-corrected chi connectivity index (χ0v) is 19.5. The second-order valence-electron chi connectivity index (χ2n) is 8.11. The lowest BCUT2D eigenvalue weighted by atomic mass is 9.96. The van der Waals surface area contributed by atoms with Gasteiger partial charge in [-0.05, 0) is 32.0 Å². The number of benzene rings is 1. The summed E-state index contributed by atoms with van der Waals surface area (Å²) in [6.45, 7) is 4.10. The van der Waals surface area contributed by atoms with Crippen LogP contribution in [0.4, 0.5) is 11.5 Å². The van der Waals surface area contributed by atoms with Crippen LogP contribution in [0, 0.1) is 0 Å². The number of hydrogen-bond donors (Lipinski definition) is 1. The molecule has 168 valence electrons. The number of amides is 2. The molecule has 0 bridgehead atoms. The average Bonchev–Trinajstić information content (AvgIpc) is 3.07. The van der Waals surface area contributed by atoms with Gasteiger partial charge in [0, 0.05) is 41.4 Å². The summed E-state index contributed by atoms with van der Waals surface area (Å²) in [5.74, 6) is -0.317. The maximum absolute atomic E-state index is 13.3. The molecular formula is C21H23ClN6O3S. The van der Waals surface area contributed by atoms with Crippen LogP contribution in [-0.4, -0.2) is 66.2 Å². The van der Waals surface area contributed by atoms with E-state index in [0.717, 1.165) is 5.56 Å². The molecule has 1 saturated heterocycles. The highest BCUT2D eigenvalue weighted by atomic mass is 35.5. The van der Waals surface area contributed by atoms with Crippen LogP contribution in [0.15, 0.2) is 36.7 Å². The maximum atomic E-state index is 13.3. The number of hydrogen-bond acceptors (Lipinski definition) is 6. The van der Waals surface area contributed by atoms with E-state index < -0.39 is 16.3 Å². The van der Waals surface area contributed by atoms with E-state index in [1.165, 1.54) is 17.5 Å². The second-order valence-corrected chi connectivity index (χ2v) is 9.95. The van der Waals surface area contributed by atoms with Crippen molar-refractivity contribution >= 4 is 51.2 Å². The summed E-state index contributed by atoms with van der Waals surface area (Å²) in [5.41, 5.74) is 7.62. The van der Waals surface area contributed by atoms with Crippen molar-refractivity contribution in [2.75, 3.05) is 35.7 Å². The third-order valence-electron chi connectivity index (χ3n) is 5.61. The highest BCUT2D eigenvalue weighted by molar-refractivity contribution is 7.85. The predicted molar refractivity (Wildman–Crippen MR) is 125 cm³/mol. The lowest BCUT2D eigenvalue weighted by molar-refractivity contribution is -0.145. The first kappa shape index (κ1) is 22.2. The molecule has 2 aromatic heterocycles. The molecule has 1 fully saturated rings. The van der Waals surface area contributed by atoms with Gasteiger partial charge in [0.2, 0.25) is 5.91 Å². The molecule has 4 rings (SSSR count). The molecular weight excluding hydrogens is 452 g/mol. The van der Waals surface area contributed by atoms with Gasteiger partial charge >= 0.3 is 0 Å². The van der Waals surface area contributed by atoms with Gasteiger partial charge in [-0.3, -0.25) is 13.8 Å². The van der Waals surface area contributed by atoms with Crippen molar-refractivity contribution < 1.29 is 13.8 Å². The highest BCUT2D eigenvalue weighted by Gasteiger charge is 2.44. The first-order valence-electron chi connectivity index (χ1n) is 9.92. The number of rotatable bonds is 4. The minimum absolute atomic E-state index is 0.0980. The molecule has 3 heterocycles. The molecule has 2 N–H and O–H groups in total. The van der Waals surface area contributed by atoms with Crippen LogP contribution < -0.4 is 10.6 Å². The molecule has 2 amide bonds. The first-order chi connectivity index (χ1) is 15.1. The van der Waals surface area contributed by atoms with Gasteiger partial charge in [-0.2, -0.15) is 5.10 Å². The van der Waals surface area contributed by atoms with Crippen molar-refractivity contribution in [1.29, 1.82) is 0 Å². The van der Waals surface area contributed by atoms with E-state index in [1.54, 1.807) is 29.3 Å². The van der Waals surface area contributed by atoms with Gasteiger partial charge in [0.25, 0.3) is 5.91 Å². The molecule has 9 nitrogen and oxygen atoms in total. The Morgan fingerprint density at radius 1 is 1.28 bits per heavy atom. The second kappa shape index (κ2) is 8.18. The fourth-order valence-electron chi connectivity index (χ4n) is 4.02. The van der Waals surface area contributed by atoms with Gasteiger partial charge in [0.05, 0.1) is 10.7 Å². The lowest BCUT2D eigenvalue weighted by Crippen LogP contribution is -2.65. The number of carbonyl (C=O) groups is 2. The normalized spacial score (nSPS) is 17.1. The van der Waals surface area contributed by atoms with E-state index in [0.29, 0.717) is 35.0 Å². The fraction of sp³-hybridized carbons (Fsp3) is 0.333. The van der Waals surface area contributed by atoms with Crippen LogP contribution in [0.1, 0.15) is 13.8 Å². The van der Waals surface area contributed by atoms with Crippen molar-refractivity contribution in [1.82, 2.24) is 19.5 Å². The molecule has 1 unspecified atom stereocenters. The Balaban J connectivity index is 1.68. The fourth-order valence-corrected chi connectivity index (χ4v) is 4.81. The largest absolute Gasteiger partial charge is 0.382 e. The third-order valence-corrected chi connectivity index (χ3v) is 6.55. The lowest BCUT2D eigenvalue weighted by Gasteiger charge is -2.45. The van der Waals surface area contributed by atoms with E-state index in [4.69, 9.17) is 17.3 Å². The van der Waals surface area contributed by atoms with Crippen LogP contribution in [0.5, 0.6) is 0 Å². The quantitative estimate of drug-likeness (QED) is 0.618. The van der Waals surface area contributed by atoms with Crippen LogP contribution >= 0.6 is 11.6 Å². The summed E-state index contributed by atoms with van der Waals surface area (Å²) >= 11 is 6.36. The van der Waals surface area contributed by atoms with E-state index >= 15 is 0 Å². The van der Waals surface area contributed by atoms with E-state index in [9.17, 15) is 13.8 Å². The topological polar surface area (TPSA) is 114 Å². The van der Waals surface area contributed by atoms with Crippen molar-refractivity contribution in [2.45, 2.75) is 19.4 Å². The number of aromatic nitrogens is 3. The summed E-state index contributed by atoms with van der Waals surface area (Å²) < 4.78 is 13.1. The van der Waals surface area contributed by atoms with E-state index in [-0.39, 0.29) is 23.4 Å². The summed E-state index contributed by atoms with van der Waals surface area (Å²) in [6, 6.07) is 9.22. The van der Waals surface area contributed by atoms with Gasteiger partial charge in [-0.25, -0.2) is 9.50 Å². The molecule has 0 saturated carbocycles. The van der Waals surface area contributed by atoms with Crippen LogP contribution in [0.2, 0.25) is 5.02 Å². The molecule has 1 atom stereocenters. The zero-order valence-electron chi connectivity index (χ0n) is 17.9. The summed E-state index contributed by atoms with van der Waals surface area (Å²) in [6.07, 6.45) is 2.84. The Labute approximate surface area is 192 Å². The maximum Gasteiger partial charge on any atom is 0.252 e. The molecule has 11 heteroatoms. The molecule has 0 aliphatic carbocycles. The molecule has 3 aromatic rings. The molecule has 1 aliphatic heterocycles. The Morgan fingerprint density at radius 3 is 2.75 bits per heavy atom. The third kappa shape index (κ3) is 3.73. The minimum atomic E-state index is -1.27. The first-order valence-corrected chi connectivity index (χ1v) is 12.0. The van der Waals surface area contributed by atoms with Gasteiger partial charge in [-0.15, -0.1) is 0 Å². The Bertz CT molecular complexity index is 1260. The number of anilines is 2. The van der Waals surface area contributed by atoms with Gasteiger partial charge in [0.15, 0.2) is 5.82 Å². The summed E-state index contributed by atoms with van der Waals surface area (Å²) in [7, 11) is -1.27. The monoisotopic (exact) mass is 474 g/mol. The predicted octanol–water partition coefficient (Wildman–Crippen LogP) is 1.96. The zero-order chi connectivity index (χ0) is 23.2. The standard InChI is InChI=1S/C21H23ClN6O3S/c1-21(2)20(30)26(7-8-27(21)17(29)11-32(3)31)14-6-4-5-13(9-14)16-10-15(22)18-19(23)24-12-25-28(16)18/h4-6,9-10,12H,7-8,11H2,1-3H3,(H2,23,24,25). The Kier molecular flexibility index (Phi) is 5.68. The Hall–Kier alpha value is -2.98. The van der Waals surface area contributed by atoms with Crippen molar-refractivity contribution in [3.63, 3.8) is 0 Å². The molecule has 1 aliphatic rings. The van der Waals surface area contributed by atoms with Crippen LogP contribution in [0.3, 0.4) is 0 Å². The van der Waals surface area contributed by atoms with Crippen LogP contribution in [-0.2, 0) is 20.4 Å². The van der Waals surface area contributed by atoms with E-state index in [2.05, 4.69) is 10.1 Å². The molecule has 1 aromatic carbocycles. The number of nitrogens with two attached hydrogens (primary N) is 1. The van der Waals surface area contributed by atoms with Gasteiger partial charge < -0.3 is 15.5 Å². The smallest absolute Gasteiger partial charge is 0.252 e. The SMILES string of the molecule is CS(=O)CC(=O)N1CCN(c2cccc(-c3cc(Cl)c4c(N)ncnn34)c2)C(=O)C1(C)C. The highest BCUT2D eigenvalue weighted by Crippen LogP contribution is 2.34. The van der Waals surface area contributed by atoms with Crippen molar-refractivity contribution in [3.05, 3.63) is 41.7 Å². The van der Waals surface area contributed by atoms with Gasteiger partial charge in [-0.1, -0.05) is 23.7 Å². The summed E-state index contributed by atoms with van der Waals surface area (Å²) in [5, 5.41) is 4.70. The number of carbonyl (C=O) groups excluding carboxylic acids is 2. The molecule has 32 heavy (non-hydrogen) atoms. The Morgan fingerprint density at radius 2 is 2.03 bits per heavy atom. The average molecular weight is 475 g/mol. The van der Waals surface area contributed by atoms with Gasteiger partial charge in [0.1, 0.15) is 23.1 Å². The molecule has 0 radical (unpaired) electrons. The number of piperazine rings is 1. The van der Waals surface area contributed by atoms with Crippen LogP contribution in [0.25, 0.3) is 16.8 Å². The van der Waals surface area contributed by atoms with Crippen molar-refractivity contribution in [2.24, 2.45) is 0 Å². The minimum Gasteiger partial charge on any atom is -0.382 e. The number of halogens is 1. The number of fused-ring (bicyclic) bond motifs is 1.